The predicted molar refractivity (Wildman–Crippen MR) is 80.6 cm³/mol. The monoisotopic (exact) mass is 382 g/mol. The van der Waals surface area contributed by atoms with E-state index in [4.69, 9.17) is 11.6 Å². The van der Waals surface area contributed by atoms with Crippen LogP contribution in [0.3, 0.4) is 0 Å². The molecule has 0 N–H and O–H groups in total. The Kier molecular flexibility index (Phi) is 4.52. The van der Waals surface area contributed by atoms with Crippen molar-refractivity contribution in [1.82, 2.24) is 0 Å². The van der Waals surface area contributed by atoms with Gasteiger partial charge in [-0.25, -0.2) is 0 Å². The smallest absolute Gasteiger partial charge is 0.166 e. The van der Waals surface area contributed by atoms with E-state index in [2.05, 4.69) is 15.9 Å². The van der Waals surface area contributed by atoms with Gasteiger partial charge >= 0.3 is 6.18 Å². The first kappa shape index (κ1) is 15.9. The van der Waals surface area contributed by atoms with Gasteiger partial charge in [-0.15, -0.1) is 22.9 Å². The predicted octanol–water partition coefficient (Wildman–Crippen LogP) is 6.47. The lowest BCUT2D eigenvalue weighted by atomic mass is 10.0. The normalized spacial score (nSPS) is 13.6. The van der Waals surface area contributed by atoms with Crippen LogP contribution >= 0.6 is 38.9 Å². The van der Waals surface area contributed by atoms with Crippen LogP contribution in [-0.2, 0) is 6.18 Å². The summed E-state index contributed by atoms with van der Waals surface area (Å²) in [6.45, 7) is 3.86. The minimum Gasteiger partial charge on any atom is -0.166 e. The summed E-state index contributed by atoms with van der Waals surface area (Å²) >= 11 is 11.2. The van der Waals surface area contributed by atoms with Crippen molar-refractivity contribution in [2.75, 3.05) is 0 Å². The van der Waals surface area contributed by atoms with Crippen LogP contribution in [0, 0.1) is 13.8 Å². The quantitative estimate of drug-likeness (QED) is 0.521. The van der Waals surface area contributed by atoms with Crippen molar-refractivity contribution in [2.45, 2.75) is 25.4 Å². The van der Waals surface area contributed by atoms with E-state index in [9.17, 15) is 13.2 Å². The fourth-order valence-electron chi connectivity index (χ4n) is 1.97. The molecule has 2 aromatic rings. The lowest BCUT2D eigenvalue weighted by Crippen LogP contribution is -2.06. The molecule has 0 saturated heterocycles. The maximum absolute atomic E-state index is 12.8. The van der Waals surface area contributed by atoms with E-state index < -0.39 is 17.1 Å². The fourth-order valence-corrected chi connectivity index (χ4v) is 4.09. The second-order valence-corrected chi connectivity index (χ2v) is 7.08. The first-order valence-corrected chi connectivity index (χ1v) is 7.82. The Morgan fingerprint density at radius 1 is 1.20 bits per heavy atom. The number of thiophene rings is 1. The summed E-state index contributed by atoms with van der Waals surface area (Å²) in [5, 5.41) is -0.592. The van der Waals surface area contributed by atoms with Crippen LogP contribution in [-0.4, -0.2) is 0 Å². The third-order valence-corrected chi connectivity index (χ3v) is 5.43. The molecule has 1 atom stereocenters. The largest absolute Gasteiger partial charge is 0.416 e. The van der Waals surface area contributed by atoms with Crippen molar-refractivity contribution in [3.8, 4) is 0 Å². The molecule has 0 bridgehead atoms. The van der Waals surface area contributed by atoms with Crippen LogP contribution in [0.5, 0.6) is 0 Å². The number of rotatable bonds is 2. The van der Waals surface area contributed by atoms with Gasteiger partial charge in [0.05, 0.1) is 10.9 Å². The van der Waals surface area contributed by atoms with Crippen LogP contribution < -0.4 is 0 Å². The molecule has 1 unspecified atom stereocenters. The van der Waals surface area contributed by atoms with E-state index in [0.29, 0.717) is 10.0 Å². The standard InChI is InChI=1S/C14H11BrClF3S/c1-7-5-8(2)20-13(7)12(16)10-6-9(14(17,18)19)3-4-11(10)15/h3-6,12H,1-2H3. The van der Waals surface area contributed by atoms with Gasteiger partial charge in [-0.3, -0.25) is 0 Å². The van der Waals surface area contributed by atoms with Crippen molar-refractivity contribution in [3.05, 3.63) is 55.2 Å². The van der Waals surface area contributed by atoms with Crippen molar-refractivity contribution in [3.63, 3.8) is 0 Å². The van der Waals surface area contributed by atoms with Gasteiger partial charge in [0.25, 0.3) is 0 Å². The number of benzene rings is 1. The molecule has 108 valence electrons. The Morgan fingerprint density at radius 3 is 2.35 bits per heavy atom. The number of hydrogen-bond acceptors (Lipinski definition) is 1. The summed E-state index contributed by atoms with van der Waals surface area (Å²) in [4.78, 5) is 1.97. The molecular weight excluding hydrogens is 373 g/mol. The second kappa shape index (κ2) is 5.70. The molecule has 20 heavy (non-hydrogen) atoms. The van der Waals surface area contributed by atoms with E-state index in [1.54, 1.807) is 0 Å². The van der Waals surface area contributed by atoms with E-state index in [1.807, 2.05) is 19.9 Å². The minimum absolute atomic E-state index is 0.437. The van der Waals surface area contributed by atoms with E-state index in [1.165, 1.54) is 17.4 Å². The minimum atomic E-state index is -4.37. The topological polar surface area (TPSA) is 0 Å². The first-order valence-electron chi connectivity index (χ1n) is 5.78. The molecule has 1 aromatic heterocycles. The average Bonchev–Trinajstić information content (AvgIpc) is 2.66. The van der Waals surface area contributed by atoms with Gasteiger partial charge in [0.1, 0.15) is 0 Å². The molecule has 0 nitrogen and oxygen atoms in total. The van der Waals surface area contributed by atoms with Gasteiger partial charge in [-0.2, -0.15) is 13.2 Å². The zero-order valence-corrected chi connectivity index (χ0v) is 13.8. The highest BCUT2D eigenvalue weighted by Gasteiger charge is 2.32. The SMILES string of the molecule is Cc1cc(C)c(C(Cl)c2cc(C(F)(F)F)ccc2Br)s1. The molecule has 0 radical (unpaired) electrons. The Balaban J connectivity index is 2.49. The molecule has 0 fully saturated rings. The summed E-state index contributed by atoms with van der Waals surface area (Å²) in [5.41, 5.74) is 0.746. The molecule has 0 spiro atoms. The second-order valence-electron chi connectivity index (χ2n) is 4.50. The van der Waals surface area contributed by atoms with Gasteiger partial charge < -0.3 is 0 Å². The molecule has 2 rings (SSSR count). The highest BCUT2D eigenvalue weighted by atomic mass is 79.9. The molecule has 6 heteroatoms. The van der Waals surface area contributed by atoms with Gasteiger partial charge in [0.15, 0.2) is 0 Å². The molecule has 0 aliphatic carbocycles. The number of alkyl halides is 4. The first-order chi connectivity index (χ1) is 9.20. The zero-order valence-electron chi connectivity index (χ0n) is 10.7. The summed E-state index contributed by atoms with van der Waals surface area (Å²) in [5.74, 6) is 0. The molecule has 0 aliphatic heterocycles. The van der Waals surface area contributed by atoms with Gasteiger partial charge in [-0.1, -0.05) is 15.9 Å². The molecular formula is C14H11BrClF3S. The van der Waals surface area contributed by atoms with Gasteiger partial charge in [0.2, 0.25) is 0 Å². The lowest BCUT2D eigenvalue weighted by Gasteiger charge is -2.15. The highest BCUT2D eigenvalue weighted by molar-refractivity contribution is 9.10. The Labute approximate surface area is 132 Å². The molecule has 1 heterocycles. The number of aryl methyl sites for hydroxylation is 2. The molecule has 1 aromatic carbocycles. The molecule has 0 aliphatic rings. The van der Waals surface area contributed by atoms with Crippen LogP contribution in [0.25, 0.3) is 0 Å². The van der Waals surface area contributed by atoms with E-state index in [0.717, 1.165) is 27.5 Å². The van der Waals surface area contributed by atoms with Crippen molar-refractivity contribution in [2.24, 2.45) is 0 Å². The Hall–Kier alpha value is -0.520. The summed E-state index contributed by atoms with van der Waals surface area (Å²) < 4.78 is 39.0. The van der Waals surface area contributed by atoms with Crippen molar-refractivity contribution < 1.29 is 13.2 Å². The van der Waals surface area contributed by atoms with Gasteiger partial charge in [0, 0.05) is 14.2 Å². The Morgan fingerprint density at radius 2 is 1.85 bits per heavy atom. The van der Waals surface area contributed by atoms with Crippen molar-refractivity contribution in [1.29, 1.82) is 0 Å². The number of halogens is 5. The maximum atomic E-state index is 12.8. The Bertz CT molecular complexity index is 634. The van der Waals surface area contributed by atoms with Crippen LogP contribution in [0.15, 0.2) is 28.7 Å². The molecule has 0 saturated carbocycles. The molecule has 0 amide bonds. The van der Waals surface area contributed by atoms with Gasteiger partial charge in [-0.05, 0) is 49.2 Å². The van der Waals surface area contributed by atoms with Crippen LogP contribution in [0.2, 0.25) is 0 Å². The van der Waals surface area contributed by atoms with E-state index in [-0.39, 0.29) is 0 Å². The summed E-state index contributed by atoms with van der Waals surface area (Å²) in [7, 11) is 0. The number of hydrogen-bond donors (Lipinski definition) is 0. The van der Waals surface area contributed by atoms with Crippen LogP contribution in [0.1, 0.15) is 31.8 Å². The fraction of sp³-hybridized carbons (Fsp3) is 0.286. The third kappa shape index (κ3) is 3.21. The third-order valence-electron chi connectivity index (χ3n) is 2.91. The van der Waals surface area contributed by atoms with Crippen LogP contribution in [0.4, 0.5) is 13.2 Å². The highest BCUT2D eigenvalue weighted by Crippen LogP contribution is 2.41. The average molecular weight is 384 g/mol. The lowest BCUT2D eigenvalue weighted by molar-refractivity contribution is -0.137. The van der Waals surface area contributed by atoms with Crippen molar-refractivity contribution >= 4 is 38.9 Å². The maximum Gasteiger partial charge on any atom is 0.416 e. The van der Waals surface area contributed by atoms with E-state index >= 15 is 0 Å². The summed E-state index contributed by atoms with van der Waals surface area (Å²) in [6.07, 6.45) is -4.37. The summed E-state index contributed by atoms with van der Waals surface area (Å²) in [6, 6.07) is 5.53. The zero-order chi connectivity index (χ0) is 15.1.